The molecule has 0 N–H and O–H groups in total. The molecule has 1 heterocycles. The van der Waals surface area contributed by atoms with Gasteiger partial charge in [0.1, 0.15) is 0 Å². The second-order valence-electron chi connectivity index (χ2n) is 18.5. The normalized spacial score (nSPS) is 14.4. The molecule has 10 aromatic carbocycles. The van der Waals surface area contributed by atoms with Gasteiger partial charge >= 0.3 is 0 Å². The van der Waals surface area contributed by atoms with E-state index < -0.39 is 8.07 Å². The third kappa shape index (κ3) is 6.79. The molecule has 0 saturated carbocycles. The Hall–Kier alpha value is -8.43. The fourth-order valence-electron chi connectivity index (χ4n) is 11.9. The Morgan fingerprint density at radius 3 is 1.19 bits per heavy atom. The average molecular weight is 894 g/mol. The van der Waals surface area contributed by atoms with Crippen molar-refractivity contribution in [3.05, 3.63) is 306 Å². The number of pyridine rings is 1. The first-order valence-electron chi connectivity index (χ1n) is 24.1. The molecule has 324 valence electrons. The molecular weight excluding hydrogens is 847 g/mol. The van der Waals surface area contributed by atoms with Gasteiger partial charge < -0.3 is 0 Å². The Balaban J connectivity index is 1.12. The Morgan fingerprint density at radius 1 is 0.261 bits per heavy atom. The largest absolute Gasteiger partial charge is 0.248 e. The molecule has 0 saturated heterocycles. The minimum Gasteiger partial charge on any atom is -0.248 e. The number of nitrogens with zero attached hydrogens (tertiary/aromatic N) is 1. The smallest absolute Gasteiger partial charge is 0.179 e. The lowest BCUT2D eigenvalue weighted by Crippen LogP contribution is -2.75. The number of rotatable bonds is 9. The predicted molar refractivity (Wildman–Crippen MR) is 290 cm³/mol. The first kappa shape index (κ1) is 40.8. The molecule has 1 nitrogen and oxygen atoms in total. The first-order chi connectivity index (χ1) is 34.2. The van der Waals surface area contributed by atoms with Crippen LogP contribution in [0.2, 0.25) is 0 Å². The molecule has 14 rings (SSSR count). The second-order valence-corrected chi connectivity index (χ2v) is 22.3. The summed E-state index contributed by atoms with van der Waals surface area (Å²) >= 11 is 0. The zero-order valence-electron chi connectivity index (χ0n) is 38.1. The Kier molecular flexibility index (Phi) is 10.1. The highest BCUT2D eigenvalue weighted by Crippen LogP contribution is 2.57. The van der Waals surface area contributed by atoms with Crippen LogP contribution in [0.25, 0.3) is 55.9 Å². The van der Waals surface area contributed by atoms with Crippen molar-refractivity contribution in [1.29, 1.82) is 0 Å². The molecule has 3 aliphatic rings. The van der Waals surface area contributed by atoms with Gasteiger partial charge in [-0.1, -0.05) is 261 Å². The van der Waals surface area contributed by atoms with E-state index in [1.54, 1.807) is 0 Å². The molecule has 2 heteroatoms. The van der Waals surface area contributed by atoms with Crippen LogP contribution in [0.4, 0.5) is 0 Å². The summed E-state index contributed by atoms with van der Waals surface area (Å²) in [6.07, 6.45) is 0. The molecule has 69 heavy (non-hydrogen) atoms. The van der Waals surface area contributed by atoms with Crippen molar-refractivity contribution < 1.29 is 0 Å². The van der Waals surface area contributed by atoms with Crippen LogP contribution in [0.15, 0.2) is 273 Å². The molecule has 0 radical (unpaired) electrons. The van der Waals surface area contributed by atoms with Gasteiger partial charge in [-0.2, -0.15) is 0 Å². The van der Waals surface area contributed by atoms with E-state index in [1.807, 2.05) is 0 Å². The highest BCUT2D eigenvalue weighted by Gasteiger charge is 2.50. The minimum atomic E-state index is -3.20. The summed E-state index contributed by atoms with van der Waals surface area (Å²) in [5.74, 6) is 0.0382. The van der Waals surface area contributed by atoms with Gasteiger partial charge in [-0.15, -0.1) is 0 Å². The van der Waals surface area contributed by atoms with E-state index in [9.17, 15) is 0 Å². The Morgan fingerprint density at radius 2 is 0.652 bits per heavy atom. The maximum absolute atomic E-state index is 5.34. The molecule has 1 aromatic heterocycles. The van der Waals surface area contributed by atoms with Crippen molar-refractivity contribution >= 4 is 28.8 Å². The van der Waals surface area contributed by atoms with Crippen LogP contribution >= 0.6 is 0 Å². The lowest BCUT2D eigenvalue weighted by atomic mass is 9.60. The van der Waals surface area contributed by atoms with Gasteiger partial charge in [0, 0.05) is 23.0 Å². The van der Waals surface area contributed by atoms with Crippen LogP contribution in [0.5, 0.6) is 0 Å². The number of hydrogen-bond acceptors (Lipinski definition) is 1. The molecule has 0 aliphatic heterocycles. The van der Waals surface area contributed by atoms with Gasteiger partial charge in [0.05, 0.1) is 11.4 Å². The highest BCUT2D eigenvalue weighted by molar-refractivity contribution is 7.20. The maximum atomic E-state index is 5.34. The molecule has 3 aliphatic carbocycles. The van der Waals surface area contributed by atoms with E-state index in [0.29, 0.717) is 0 Å². The zero-order chi connectivity index (χ0) is 45.7. The molecule has 0 spiro atoms. The van der Waals surface area contributed by atoms with Crippen LogP contribution in [0.1, 0.15) is 45.2 Å². The monoisotopic (exact) mass is 893 g/mol. The Labute approximate surface area is 405 Å². The lowest BCUT2D eigenvalue weighted by molar-refractivity contribution is 0.760. The van der Waals surface area contributed by atoms with Crippen molar-refractivity contribution in [2.24, 2.45) is 0 Å². The van der Waals surface area contributed by atoms with Crippen molar-refractivity contribution in [3.8, 4) is 55.9 Å². The van der Waals surface area contributed by atoms with Crippen LogP contribution in [-0.4, -0.2) is 13.1 Å². The van der Waals surface area contributed by atoms with Crippen LogP contribution in [-0.2, 0) is 0 Å². The summed E-state index contributed by atoms with van der Waals surface area (Å²) < 4.78 is 0. The van der Waals surface area contributed by atoms with E-state index in [4.69, 9.17) is 4.98 Å². The molecule has 2 atom stereocenters. The van der Waals surface area contributed by atoms with Crippen LogP contribution < -0.4 is 20.7 Å². The summed E-state index contributed by atoms with van der Waals surface area (Å²) in [5, 5.41) is 5.54. The molecule has 11 aromatic rings. The minimum absolute atomic E-state index is 0.0256. The van der Waals surface area contributed by atoms with Gasteiger partial charge in [0.25, 0.3) is 0 Å². The number of hydrogen-bond donors (Lipinski definition) is 0. The third-order valence-electron chi connectivity index (χ3n) is 14.8. The highest BCUT2D eigenvalue weighted by atomic mass is 28.3. The van der Waals surface area contributed by atoms with Gasteiger partial charge in [0.2, 0.25) is 0 Å². The summed E-state index contributed by atoms with van der Waals surface area (Å²) in [6.45, 7) is 0. The van der Waals surface area contributed by atoms with Crippen LogP contribution in [0.3, 0.4) is 0 Å². The van der Waals surface area contributed by atoms with E-state index in [2.05, 4.69) is 273 Å². The fourth-order valence-corrected chi connectivity index (χ4v) is 17.0. The SMILES string of the molecule is c1ccc(-c2cccc([Si](c3ccccc3)(c3cccc(-c4ccccc4)c3)c3cccc4c3C3c5ccccc5C4c4cccc(-c5cc(-c6ccccc6)nc(-c6ccccc6)c5)c43)c2)cc1. The van der Waals surface area contributed by atoms with E-state index in [1.165, 1.54) is 87.5 Å². The van der Waals surface area contributed by atoms with E-state index in [0.717, 1.165) is 22.5 Å². The molecule has 2 bridgehead atoms. The average Bonchev–Trinajstić information content (AvgIpc) is 3.44. The Bertz CT molecular complexity index is 3520. The van der Waals surface area contributed by atoms with Gasteiger partial charge in [-0.25, -0.2) is 4.98 Å². The molecule has 2 unspecified atom stereocenters. The molecular formula is C67H47NSi. The summed E-state index contributed by atoms with van der Waals surface area (Å²) in [5.41, 5.74) is 20.0. The fraction of sp³-hybridized carbons (Fsp3) is 0.0299. The molecule has 0 fully saturated rings. The van der Waals surface area contributed by atoms with Crippen molar-refractivity contribution in [1.82, 2.24) is 4.98 Å². The topological polar surface area (TPSA) is 12.9 Å². The first-order valence-corrected chi connectivity index (χ1v) is 26.1. The maximum Gasteiger partial charge on any atom is 0.179 e. The standard InChI is InChI=1S/C67H47NSi/c1-6-22-46(23-7-1)50-30-18-34-54(42-50)69(53-32-14-5-15-33-53,55-35-19-31-51(43-55)47-24-8-2-9-25-47)63-41-21-40-60-64-57-36-16-17-37-58(57)67(66(60)63)65-56(38-20-39-59(64)65)52-44-61(48-26-10-3-11-27-48)68-62(45-52)49-28-12-4-13-29-49/h1-45,64,67H. The summed E-state index contributed by atoms with van der Waals surface area (Å²) in [7, 11) is -3.20. The summed E-state index contributed by atoms with van der Waals surface area (Å²) in [6, 6.07) is 102. The van der Waals surface area contributed by atoms with Gasteiger partial charge in [-0.3, -0.25) is 0 Å². The van der Waals surface area contributed by atoms with E-state index in [-0.39, 0.29) is 11.8 Å². The summed E-state index contributed by atoms with van der Waals surface area (Å²) in [4.78, 5) is 5.34. The predicted octanol–water partition coefficient (Wildman–Crippen LogP) is 13.8. The second kappa shape index (κ2) is 17.0. The third-order valence-corrected chi connectivity index (χ3v) is 19.6. The van der Waals surface area contributed by atoms with Crippen molar-refractivity contribution in [3.63, 3.8) is 0 Å². The van der Waals surface area contributed by atoms with Crippen molar-refractivity contribution in [2.75, 3.05) is 0 Å². The quantitative estimate of drug-likeness (QED) is 0.104. The van der Waals surface area contributed by atoms with Crippen LogP contribution in [0, 0.1) is 0 Å². The van der Waals surface area contributed by atoms with E-state index >= 15 is 0 Å². The van der Waals surface area contributed by atoms with Crippen molar-refractivity contribution in [2.45, 2.75) is 11.8 Å². The van der Waals surface area contributed by atoms with Gasteiger partial charge in [0.15, 0.2) is 8.07 Å². The number of aromatic nitrogens is 1. The lowest BCUT2D eigenvalue weighted by Gasteiger charge is -2.47. The molecule has 0 amide bonds. The zero-order valence-corrected chi connectivity index (χ0v) is 39.1. The van der Waals surface area contributed by atoms with Gasteiger partial charge in [-0.05, 0) is 99.6 Å². The number of benzene rings is 10.